The van der Waals surface area contributed by atoms with E-state index in [2.05, 4.69) is 33.0 Å². The molecule has 1 fully saturated rings. The molecule has 1 aliphatic heterocycles. The maximum absolute atomic E-state index is 5.37. The van der Waals surface area contributed by atoms with E-state index in [0.717, 1.165) is 25.7 Å². The Balaban J connectivity index is 2.20. The van der Waals surface area contributed by atoms with E-state index in [9.17, 15) is 0 Å². The Hall–Kier alpha value is -0.0800. The van der Waals surface area contributed by atoms with E-state index in [1.165, 1.54) is 6.42 Å². The molecule has 2 heteroatoms. The maximum atomic E-state index is 5.37. The summed E-state index contributed by atoms with van der Waals surface area (Å²) in [5, 5.41) is 3.58. The molecule has 2 nitrogen and oxygen atoms in total. The van der Waals surface area contributed by atoms with Crippen molar-refractivity contribution in [1.82, 2.24) is 5.32 Å². The molecule has 0 saturated carbocycles. The van der Waals surface area contributed by atoms with Gasteiger partial charge in [-0.05, 0) is 24.7 Å². The van der Waals surface area contributed by atoms with Crippen LogP contribution in [0.3, 0.4) is 0 Å². The lowest BCUT2D eigenvalue weighted by atomic mass is 9.94. The van der Waals surface area contributed by atoms with Crippen molar-refractivity contribution in [3.63, 3.8) is 0 Å². The molecular weight excluding hydrogens is 162 g/mol. The predicted octanol–water partition coefficient (Wildman–Crippen LogP) is 2.05. The molecular formula is C11H23NO. The van der Waals surface area contributed by atoms with E-state index in [1.54, 1.807) is 0 Å². The molecule has 0 spiro atoms. The molecule has 13 heavy (non-hydrogen) atoms. The summed E-state index contributed by atoms with van der Waals surface area (Å²) in [6.45, 7) is 12.0. The molecule has 1 heterocycles. The SMILES string of the molecule is CC(NCC(C)(C)C)C1CCOC1. The van der Waals surface area contributed by atoms with Crippen molar-refractivity contribution in [2.75, 3.05) is 19.8 Å². The van der Waals surface area contributed by atoms with Crippen molar-refractivity contribution >= 4 is 0 Å². The summed E-state index contributed by atoms with van der Waals surface area (Å²) in [4.78, 5) is 0. The Morgan fingerprint density at radius 3 is 2.62 bits per heavy atom. The lowest BCUT2D eigenvalue weighted by Gasteiger charge is -2.25. The van der Waals surface area contributed by atoms with Crippen LogP contribution in [0.5, 0.6) is 0 Å². The highest BCUT2D eigenvalue weighted by Gasteiger charge is 2.23. The van der Waals surface area contributed by atoms with Gasteiger partial charge in [-0.1, -0.05) is 20.8 Å². The Morgan fingerprint density at radius 1 is 1.46 bits per heavy atom. The molecule has 0 aromatic heterocycles. The molecule has 0 bridgehead atoms. The normalized spacial score (nSPS) is 26.3. The first-order valence-electron chi connectivity index (χ1n) is 5.30. The summed E-state index contributed by atoms with van der Waals surface area (Å²) >= 11 is 0. The van der Waals surface area contributed by atoms with Crippen molar-refractivity contribution < 1.29 is 4.74 Å². The molecule has 0 aromatic carbocycles. The molecule has 0 aliphatic carbocycles. The molecule has 1 saturated heterocycles. The second-order valence-corrected chi connectivity index (χ2v) is 5.35. The molecule has 1 N–H and O–H groups in total. The Morgan fingerprint density at radius 2 is 2.15 bits per heavy atom. The number of rotatable bonds is 3. The molecule has 78 valence electrons. The van der Waals surface area contributed by atoms with Crippen LogP contribution < -0.4 is 5.32 Å². The van der Waals surface area contributed by atoms with Crippen molar-refractivity contribution in [2.24, 2.45) is 11.3 Å². The van der Waals surface area contributed by atoms with E-state index in [-0.39, 0.29) is 0 Å². The zero-order chi connectivity index (χ0) is 9.90. The first kappa shape index (κ1) is 11.0. The number of ether oxygens (including phenoxy) is 1. The van der Waals surface area contributed by atoms with Crippen LogP contribution in [-0.2, 0) is 4.74 Å². The lowest BCUT2D eigenvalue weighted by molar-refractivity contribution is 0.176. The third-order valence-electron chi connectivity index (χ3n) is 2.63. The second-order valence-electron chi connectivity index (χ2n) is 5.35. The highest BCUT2D eigenvalue weighted by Crippen LogP contribution is 2.18. The van der Waals surface area contributed by atoms with E-state index in [1.807, 2.05) is 0 Å². The summed E-state index contributed by atoms with van der Waals surface area (Å²) in [6, 6.07) is 0.599. The second kappa shape index (κ2) is 4.43. The van der Waals surface area contributed by atoms with Crippen LogP contribution in [0.4, 0.5) is 0 Å². The van der Waals surface area contributed by atoms with E-state index in [4.69, 9.17) is 4.74 Å². The first-order valence-corrected chi connectivity index (χ1v) is 5.30. The third-order valence-corrected chi connectivity index (χ3v) is 2.63. The predicted molar refractivity (Wildman–Crippen MR) is 55.8 cm³/mol. The fraction of sp³-hybridized carbons (Fsp3) is 1.00. The Kier molecular flexibility index (Phi) is 3.74. The smallest absolute Gasteiger partial charge is 0.0509 e. The lowest BCUT2D eigenvalue weighted by Crippen LogP contribution is -2.38. The van der Waals surface area contributed by atoms with Crippen LogP contribution in [0.25, 0.3) is 0 Å². The summed E-state index contributed by atoms with van der Waals surface area (Å²) in [6.07, 6.45) is 1.22. The van der Waals surface area contributed by atoms with Crippen LogP contribution in [0.1, 0.15) is 34.1 Å². The fourth-order valence-electron chi connectivity index (χ4n) is 1.58. The van der Waals surface area contributed by atoms with Gasteiger partial charge in [-0.25, -0.2) is 0 Å². The topological polar surface area (TPSA) is 21.3 Å². The van der Waals surface area contributed by atoms with Crippen LogP contribution >= 0.6 is 0 Å². The number of hydrogen-bond acceptors (Lipinski definition) is 2. The average Bonchev–Trinajstić information content (AvgIpc) is 2.50. The van der Waals surface area contributed by atoms with Crippen LogP contribution in [0.15, 0.2) is 0 Å². The van der Waals surface area contributed by atoms with Gasteiger partial charge < -0.3 is 10.1 Å². The summed E-state index contributed by atoms with van der Waals surface area (Å²) < 4.78 is 5.37. The molecule has 0 amide bonds. The Bertz CT molecular complexity index is 145. The summed E-state index contributed by atoms with van der Waals surface area (Å²) in [7, 11) is 0. The first-order chi connectivity index (χ1) is 5.99. The molecule has 0 aromatic rings. The molecule has 0 radical (unpaired) electrons. The minimum absolute atomic E-state index is 0.383. The van der Waals surface area contributed by atoms with Crippen LogP contribution in [-0.4, -0.2) is 25.8 Å². The van der Waals surface area contributed by atoms with Gasteiger partial charge in [0.15, 0.2) is 0 Å². The maximum Gasteiger partial charge on any atom is 0.0509 e. The molecule has 1 rings (SSSR count). The van der Waals surface area contributed by atoms with Gasteiger partial charge in [-0.2, -0.15) is 0 Å². The van der Waals surface area contributed by atoms with E-state index < -0.39 is 0 Å². The Labute approximate surface area is 82.0 Å². The van der Waals surface area contributed by atoms with Crippen LogP contribution in [0.2, 0.25) is 0 Å². The van der Waals surface area contributed by atoms with Gasteiger partial charge in [-0.15, -0.1) is 0 Å². The van der Waals surface area contributed by atoms with E-state index >= 15 is 0 Å². The minimum Gasteiger partial charge on any atom is -0.381 e. The van der Waals surface area contributed by atoms with Gasteiger partial charge in [-0.3, -0.25) is 0 Å². The third kappa shape index (κ3) is 4.10. The van der Waals surface area contributed by atoms with Gasteiger partial charge >= 0.3 is 0 Å². The highest BCUT2D eigenvalue weighted by atomic mass is 16.5. The van der Waals surface area contributed by atoms with Gasteiger partial charge in [0.1, 0.15) is 0 Å². The zero-order valence-electron chi connectivity index (χ0n) is 9.39. The average molecular weight is 185 g/mol. The van der Waals surface area contributed by atoms with Gasteiger partial charge in [0.2, 0.25) is 0 Å². The fourth-order valence-corrected chi connectivity index (χ4v) is 1.58. The van der Waals surface area contributed by atoms with E-state index in [0.29, 0.717) is 11.5 Å². The summed E-state index contributed by atoms with van der Waals surface area (Å²) in [5.41, 5.74) is 0.383. The standard InChI is InChI=1S/C11H23NO/c1-9(10-5-6-13-7-10)12-8-11(2,3)4/h9-10,12H,5-8H2,1-4H3. The van der Waals surface area contributed by atoms with Crippen molar-refractivity contribution in [1.29, 1.82) is 0 Å². The largest absolute Gasteiger partial charge is 0.381 e. The van der Waals surface area contributed by atoms with Gasteiger partial charge in [0.05, 0.1) is 6.61 Å². The quantitative estimate of drug-likeness (QED) is 0.726. The zero-order valence-corrected chi connectivity index (χ0v) is 9.39. The highest BCUT2D eigenvalue weighted by molar-refractivity contribution is 4.77. The minimum atomic E-state index is 0.383. The van der Waals surface area contributed by atoms with Crippen LogP contribution in [0, 0.1) is 11.3 Å². The molecule has 2 unspecified atom stereocenters. The molecule has 2 atom stereocenters. The van der Waals surface area contributed by atoms with Gasteiger partial charge in [0.25, 0.3) is 0 Å². The van der Waals surface area contributed by atoms with Crippen molar-refractivity contribution in [2.45, 2.75) is 40.2 Å². The van der Waals surface area contributed by atoms with Gasteiger partial charge in [0, 0.05) is 19.2 Å². The van der Waals surface area contributed by atoms with Crippen molar-refractivity contribution in [3.05, 3.63) is 0 Å². The number of nitrogens with one attached hydrogen (secondary N) is 1. The number of hydrogen-bond donors (Lipinski definition) is 1. The summed E-state index contributed by atoms with van der Waals surface area (Å²) in [5.74, 6) is 0.724. The van der Waals surface area contributed by atoms with Crippen molar-refractivity contribution in [3.8, 4) is 0 Å². The monoisotopic (exact) mass is 185 g/mol. The molecule has 1 aliphatic rings.